The lowest BCUT2D eigenvalue weighted by Gasteiger charge is -2.40. The van der Waals surface area contributed by atoms with Crippen LogP contribution in [-0.4, -0.2) is 37.5 Å². The van der Waals surface area contributed by atoms with Crippen molar-refractivity contribution in [1.29, 1.82) is 0 Å². The number of hydrogen-bond acceptors (Lipinski definition) is 4. The Labute approximate surface area is 137 Å². The van der Waals surface area contributed by atoms with E-state index < -0.39 is 0 Å². The molecule has 0 radical (unpaired) electrons. The third kappa shape index (κ3) is 1.93. The Morgan fingerprint density at radius 2 is 2.00 bits per heavy atom. The van der Waals surface area contributed by atoms with E-state index in [1.165, 1.54) is 24.2 Å². The number of aromatic amines is 1. The molecule has 0 amide bonds. The number of H-pyrrole nitrogens is 1. The van der Waals surface area contributed by atoms with Gasteiger partial charge in [0.1, 0.15) is 5.69 Å². The average molecular weight is 364 g/mol. The van der Waals surface area contributed by atoms with Crippen molar-refractivity contribution >= 4 is 21.6 Å². The van der Waals surface area contributed by atoms with E-state index in [9.17, 15) is 0 Å². The number of nitrogens with one attached hydrogen (secondary N) is 1. The van der Waals surface area contributed by atoms with Crippen LogP contribution in [0, 0.1) is 0 Å². The molecule has 5 rings (SSSR count). The largest absolute Gasteiger partial charge is 0.493 e. The van der Waals surface area contributed by atoms with E-state index in [1.807, 2.05) is 12.1 Å². The van der Waals surface area contributed by atoms with Gasteiger partial charge < -0.3 is 14.4 Å². The highest BCUT2D eigenvalue weighted by molar-refractivity contribution is 9.10. The number of rotatable bonds is 3. The maximum absolute atomic E-state index is 5.46. The van der Waals surface area contributed by atoms with Gasteiger partial charge in [-0.05, 0) is 40.9 Å². The van der Waals surface area contributed by atoms with Crippen molar-refractivity contribution in [1.82, 2.24) is 10.2 Å². The molecule has 3 aliphatic heterocycles. The number of anilines is 1. The van der Waals surface area contributed by atoms with Crippen LogP contribution >= 0.6 is 15.9 Å². The first kappa shape index (κ1) is 13.9. The maximum Gasteiger partial charge on any atom is 0.174 e. The van der Waals surface area contributed by atoms with Gasteiger partial charge in [-0.25, -0.2) is 0 Å². The molecular weight excluding hydrogens is 346 g/mol. The van der Waals surface area contributed by atoms with Crippen molar-refractivity contribution < 1.29 is 9.47 Å². The predicted octanol–water partition coefficient (Wildman–Crippen LogP) is 3.55. The van der Waals surface area contributed by atoms with E-state index in [0.717, 1.165) is 28.8 Å². The zero-order valence-corrected chi connectivity index (χ0v) is 14.2. The fraction of sp³-hybridized carbons (Fsp3) is 0.438. The number of ether oxygens (including phenoxy) is 2. The summed E-state index contributed by atoms with van der Waals surface area (Å²) in [7, 11) is 3.29. The van der Waals surface area contributed by atoms with Crippen molar-refractivity contribution in [3.63, 3.8) is 0 Å². The van der Waals surface area contributed by atoms with Crippen molar-refractivity contribution in [2.24, 2.45) is 0 Å². The van der Waals surface area contributed by atoms with Gasteiger partial charge in [0, 0.05) is 24.6 Å². The summed E-state index contributed by atoms with van der Waals surface area (Å²) in [4.78, 5) is 2.44. The number of halogens is 1. The molecule has 4 heterocycles. The minimum absolute atomic E-state index is 0.629. The molecule has 1 aromatic carbocycles. The van der Waals surface area contributed by atoms with E-state index in [1.54, 1.807) is 14.2 Å². The smallest absolute Gasteiger partial charge is 0.174 e. The SMILES string of the molecule is COc1cc(-c2n[nH]c3c2N2CCC3CC2)cc(Br)c1OC. The fourth-order valence-corrected chi connectivity index (χ4v) is 4.21. The molecule has 1 aromatic heterocycles. The molecule has 22 heavy (non-hydrogen) atoms. The van der Waals surface area contributed by atoms with Crippen molar-refractivity contribution in [3.05, 3.63) is 22.3 Å². The third-order valence-electron chi connectivity index (χ3n) is 4.69. The maximum atomic E-state index is 5.46. The number of hydrogen-bond donors (Lipinski definition) is 1. The van der Waals surface area contributed by atoms with Crippen molar-refractivity contribution in [2.45, 2.75) is 18.8 Å². The molecule has 1 N–H and O–H groups in total. The van der Waals surface area contributed by atoms with Crippen molar-refractivity contribution in [3.8, 4) is 22.8 Å². The van der Waals surface area contributed by atoms with Gasteiger partial charge in [-0.15, -0.1) is 0 Å². The van der Waals surface area contributed by atoms with Crippen LogP contribution < -0.4 is 14.4 Å². The fourth-order valence-electron chi connectivity index (χ4n) is 3.60. The van der Waals surface area contributed by atoms with E-state index in [2.05, 4.69) is 31.0 Å². The molecule has 0 unspecified atom stereocenters. The minimum Gasteiger partial charge on any atom is -0.493 e. The summed E-state index contributed by atoms with van der Waals surface area (Å²) in [6.07, 6.45) is 2.45. The molecule has 6 heteroatoms. The summed E-state index contributed by atoms with van der Waals surface area (Å²) < 4.78 is 11.7. The molecule has 0 atom stereocenters. The summed E-state index contributed by atoms with van der Waals surface area (Å²) in [6, 6.07) is 4.03. The second kappa shape index (κ2) is 5.19. The Bertz CT molecular complexity index is 720. The van der Waals surface area contributed by atoms with E-state index in [4.69, 9.17) is 9.47 Å². The molecule has 0 saturated carbocycles. The number of fused-ring (bicyclic) bond motifs is 2. The lowest BCUT2D eigenvalue weighted by molar-refractivity contribution is 0.353. The summed E-state index contributed by atoms with van der Waals surface area (Å²) in [5.41, 5.74) is 4.59. The Hall–Kier alpha value is -1.69. The first-order chi connectivity index (χ1) is 10.7. The number of nitrogens with zero attached hydrogens (tertiary/aromatic N) is 2. The Morgan fingerprint density at radius 1 is 1.23 bits per heavy atom. The topological polar surface area (TPSA) is 50.4 Å². The zero-order chi connectivity index (χ0) is 15.3. The molecular formula is C16H18BrN3O2. The van der Waals surface area contributed by atoms with E-state index in [0.29, 0.717) is 17.4 Å². The molecule has 116 valence electrons. The molecule has 3 aliphatic rings. The zero-order valence-electron chi connectivity index (χ0n) is 12.6. The van der Waals surface area contributed by atoms with Gasteiger partial charge in [0.15, 0.2) is 11.5 Å². The Morgan fingerprint density at radius 3 is 2.68 bits per heavy atom. The monoisotopic (exact) mass is 363 g/mol. The second-order valence-corrected chi connectivity index (χ2v) is 6.64. The Kier molecular flexibility index (Phi) is 3.29. The normalized spacial score (nSPS) is 16.8. The van der Waals surface area contributed by atoms with Crippen LogP contribution in [0.5, 0.6) is 11.5 Å². The molecule has 5 nitrogen and oxygen atoms in total. The summed E-state index contributed by atoms with van der Waals surface area (Å²) in [5.74, 6) is 2.04. The first-order valence-electron chi connectivity index (χ1n) is 7.48. The predicted molar refractivity (Wildman–Crippen MR) is 89.0 cm³/mol. The molecule has 1 saturated heterocycles. The Balaban J connectivity index is 1.86. The standard InChI is InChI=1S/C16H18BrN3O2/c1-21-12-8-10(7-11(17)16(12)22-2)14-15-13(18-19-14)9-3-5-20(15)6-4-9/h7-9H,3-6H2,1-2H3,(H,18,19). The third-order valence-corrected chi connectivity index (χ3v) is 5.28. The van der Waals surface area contributed by atoms with Crippen LogP contribution in [-0.2, 0) is 0 Å². The van der Waals surface area contributed by atoms with Crippen LogP contribution in [0.2, 0.25) is 0 Å². The lowest BCUT2D eigenvalue weighted by Crippen LogP contribution is -2.38. The van der Waals surface area contributed by atoms with Gasteiger partial charge in [-0.3, -0.25) is 5.10 Å². The van der Waals surface area contributed by atoms with E-state index in [-0.39, 0.29) is 0 Å². The molecule has 2 aromatic rings. The van der Waals surface area contributed by atoms with Gasteiger partial charge in [-0.1, -0.05) is 0 Å². The number of methoxy groups -OCH3 is 2. The minimum atomic E-state index is 0.629. The quantitative estimate of drug-likeness (QED) is 0.905. The molecule has 2 bridgehead atoms. The summed E-state index contributed by atoms with van der Waals surface area (Å²) in [6.45, 7) is 2.25. The van der Waals surface area contributed by atoms with Gasteiger partial charge in [0.25, 0.3) is 0 Å². The van der Waals surface area contributed by atoms with Crippen LogP contribution in [0.3, 0.4) is 0 Å². The second-order valence-electron chi connectivity index (χ2n) is 5.79. The van der Waals surface area contributed by atoms with Crippen molar-refractivity contribution in [2.75, 3.05) is 32.2 Å². The van der Waals surface area contributed by atoms with Gasteiger partial charge in [0.05, 0.1) is 30.1 Å². The van der Waals surface area contributed by atoms with E-state index >= 15 is 0 Å². The summed E-state index contributed by atoms with van der Waals surface area (Å²) in [5, 5.41) is 7.86. The molecule has 0 aliphatic carbocycles. The van der Waals surface area contributed by atoms with Gasteiger partial charge in [0.2, 0.25) is 0 Å². The van der Waals surface area contributed by atoms with Crippen LogP contribution in [0.4, 0.5) is 5.69 Å². The highest BCUT2D eigenvalue weighted by atomic mass is 79.9. The summed E-state index contributed by atoms with van der Waals surface area (Å²) >= 11 is 3.56. The van der Waals surface area contributed by atoms with Gasteiger partial charge >= 0.3 is 0 Å². The number of piperidine rings is 1. The van der Waals surface area contributed by atoms with Crippen LogP contribution in [0.15, 0.2) is 16.6 Å². The molecule has 0 spiro atoms. The first-order valence-corrected chi connectivity index (χ1v) is 8.27. The van der Waals surface area contributed by atoms with Crippen LogP contribution in [0.25, 0.3) is 11.3 Å². The molecule has 1 fully saturated rings. The number of benzene rings is 1. The highest BCUT2D eigenvalue weighted by Gasteiger charge is 2.35. The van der Waals surface area contributed by atoms with Crippen LogP contribution in [0.1, 0.15) is 24.5 Å². The number of aromatic nitrogens is 2. The van der Waals surface area contributed by atoms with Gasteiger partial charge in [-0.2, -0.15) is 5.10 Å². The highest BCUT2D eigenvalue weighted by Crippen LogP contribution is 2.47. The lowest BCUT2D eigenvalue weighted by atomic mass is 9.86. The average Bonchev–Trinajstić information content (AvgIpc) is 3.02.